The maximum atomic E-state index is 11.1. The van der Waals surface area contributed by atoms with E-state index in [0.29, 0.717) is 0 Å². The average Bonchev–Trinajstić information content (AvgIpc) is 3.01. The fourth-order valence-electron chi connectivity index (χ4n) is 3.31. The monoisotopic (exact) mass is 386 g/mol. The molecule has 3 aromatic heterocycles. The summed E-state index contributed by atoms with van der Waals surface area (Å²) in [6.07, 6.45) is 4.90. The summed E-state index contributed by atoms with van der Waals surface area (Å²) in [7, 11) is 0. The van der Waals surface area contributed by atoms with E-state index in [9.17, 15) is 10.1 Å². The number of nitrogens with zero attached hydrogens (tertiary/aromatic N) is 5. The Labute approximate surface area is 166 Å². The van der Waals surface area contributed by atoms with Crippen LogP contribution in [0.2, 0.25) is 0 Å². The van der Waals surface area contributed by atoms with Gasteiger partial charge >= 0.3 is 5.69 Å². The van der Waals surface area contributed by atoms with Gasteiger partial charge in [0.1, 0.15) is 0 Å². The zero-order valence-electron chi connectivity index (χ0n) is 15.9. The summed E-state index contributed by atoms with van der Waals surface area (Å²) >= 11 is 0. The molecule has 4 rings (SSSR count). The van der Waals surface area contributed by atoms with Crippen LogP contribution in [0, 0.1) is 24.0 Å². The summed E-state index contributed by atoms with van der Waals surface area (Å²) in [4.78, 5) is 18.9. The van der Waals surface area contributed by atoms with Crippen LogP contribution in [0.1, 0.15) is 17.0 Å². The number of anilines is 1. The molecule has 0 radical (unpaired) electrons. The number of pyridine rings is 2. The summed E-state index contributed by atoms with van der Waals surface area (Å²) < 4.78 is 2.14. The van der Waals surface area contributed by atoms with Gasteiger partial charge in [-0.3, -0.25) is 20.5 Å². The third-order valence-corrected chi connectivity index (χ3v) is 4.67. The second-order valence-corrected chi connectivity index (χ2v) is 6.54. The first-order valence-electron chi connectivity index (χ1n) is 8.97. The highest BCUT2D eigenvalue weighted by atomic mass is 16.6. The van der Waals surface area contributed by atoms with Gasteiger partial charge in [0.15, 0.2) is 0 Å². The summed E-state index contributed by atoms with van der Waals surface area (Å²) in [5.74, 6) is 0.101. The molecule has 0 aliphatic heterocycles. The summed E-state index contributed by atoms with van der Waals surface area (Å²) in [6.45, 7) is 4.03. The zero-order valence-corrected chi connectivity index (χ0v) is 15.9. The Morgan fingerprint density at radius 1 is 1.10 bits per heavy atom. The molecule has 4 aromatic rings. The van der Waals surface area contributed by atoms with Gasteiger partial charge in [-0.1, -0.05) is 6.07 Å². The van der Waals surface area contributed by atoms with E-state index in [1.54, 1.807) is 12.4 Å². The SMILES string of the molecule is Cc1cc(/C=N\Nc2ncccc2[N+](=O)[O-])c(C)n1-c1ccc2ncccc2c1. The minimum atomic E-state index is -0.495. The van der Waals surface area contributed by atoms with Gasteiger partial charge in [0, 0.05) is 46.5 Å². The van der Waals surface area contributed by atoms with Crippen LogP contribution in [0.15, 0.2) is 66.0 Å². The standard InChI is InChI=1S/C21H18N6O2/c1-14-11-17(13-24-25-21-20(27(28)29)6-4-10-23-21)15(2)26(14)18-7-8-19-16(12-18)5-3-9-22-19/h3-13H,1-2H3,(H,23,25)/b24-13-. The predicted octanol–water partition coefficient (Wildman–Crippen LogP) is 4.39. The molecule has 1 aromatic carbocycles. The van der Waals surface area contributed by atoms with Crippen LogP contribution in [-0.2, 0) is 0 Å². The van der Waals surface area contributed by atoms with Gasteiger partial charge in [0.2, 0.25) is 5.82 Å². The van der Waals surface area contributed by atoms with Crippen LogP contribution in [0.5, 0.6) is 0 Å². The Kier molecular flexibility index (Phi) is 4.74. The van der Waals surface area contributed by atoms with Crippen molar-refractivity contribution in [2.45, 2.75) is 13.8 Å². The molecule has 0 bridgehead atoms. The Balaban J connectivity index is 1.63. The van der Waals surface area contributed by atoms with Gasteiger partial charge in [-0.05, 0) is 50.2 Å². The number of rotatable bonds is 5. The first-order valence-corrected chi connectivity index (χ1v) is 8.97. The minimum Gasteiger partial charge on any atom is -0.318 e. The van der Waals surface area contributed by atoms with Crippen LogP contribution in [-0.4, -0.2) is 25.7 Å². The molecular weight excluding hydrogens is 368 g/mol. The van der Waals surface area contributed by atoms with Crippen LogP contribution in [0.4, 0.5) is 11.5 Å². The Bertz CT molecular complexity index is 1250. The number of aromatic nitrogens is 3. The van der Waals surface area contributed by atoms with Crippen molar-refractivity contribution in [1.82, 2.24) is 14.5 Å². The van der Waals surface area contributed by atoms with E-state index in [1.807, 2.05) is 44.2 Å². The van der Waals surface area contributed by atoms with E-state index in [4.69, 9.17) is 0 Å². The van der Waals surface area contributed by atoms with Crippen LogP contribution >= 0.6 is 0 Å². The summed E-state index contributed by atoms with van der Waals surface area (Å²) in [5.41, 5.74) is 7.48. The van der Waals surface area contributed by atoms with Gasteiger partial charge in [-0.2, -0.15) is 5.10 Å². The quantitative estimate of drug-likeness (QED) is 0.312. The molecule has 144 valence electrons. The lowest BCUT2D eigenvalue weighted by molar-refractivity contribution is -0.384. The Morgan fingerprint density at radius 3 is 2.72 bits per heavy atom. The molecule has 8 nitrogen and oxygen atoms in total. The van der Waals surface area contributed by atoms with E-state index in [2.05, 4.69) is 31.1 Å². The van der Waals surface area contributed by atoms with E-state index >= 15 is 0 Å². The second-order valence-electron chi connectivity index (χ2n) is 6.54. The summed E-state index contributed by atoms with van der Waals surface area (Å²) in [5, 5.41) is 16.3. The number of aryl methyl sites for hydroxylation is 1. The van der Waals surface area contributed by atoms with Crippen molar-refractivity contribution in [3.8, 4) is 5.69 Å². The maximum Gasteiger partial charge on any atom is 0.313 e. The number of hydrogen-bond donors (Lipinski definition) is 1. The van der Waals surface area contributed by atoms with Crippen molar-refractivity contribution in [2.24, 2.45) is 5.10 Å². The number of hydrazone groups is 1. The second kappa shape index (κ2) is 7.51. The summed E-state index contributed by atoms with van der Waals surface area (Å²) in [6, 6.07) is 15.0. The van der Waals surface area contributed by atoms with Crippen molar-refractivity contribution < 1.29 is 4.92 Å². The first kappa shape index (κ1) is 18.3. The van der Waals surface area contributed by atoms with Gasteiger partial charge in [0.05, 0.1) is 16.7 Å². The van der Waals surface area contributed by atoms with Gasteiger partial charge in [0.25, 0.3) is 0 Å². The third kappa shape index (κ3) is 3.55. The van der Waals surface area contributed by atoms with Gasteiger partial charge < -0.3 is 4.57 Å². The number of nitro groups is 1. The van der Waals surface area contributed by atoms with Crippen LogP contribution < -0.4 is 5.43 Å². The molecular formula is C21H18N6O2. The molecule has 0 fully saturated rings. The third-order valence-electron chi connectivity index (χ3n) is 4.67. The topological polar surface area (TPSA) is 98.2 Å². The van der Waals surface area contributed by atoms with Gasteiger partial charge in [-0.15, -0.1) is 0 Å². The highest BCUT2D eigenvalue weighted by Gasteiger charge is 2.13. The number of nitrogens with one attached hydrogen (secondary N) is 1. The van der Waals surface area contributed by atoms with Crippen LogP contribution in [0.3, 0.4) is 0 Å². The lowest BCUT2D eigenvalue weighted by atomic mass is 10.2. The molecule has 0 unspecified atom stereocenters. The molecule has 0 saturated carbocycles. The normalized spacial score (nSPS) is 11.2. The Hall–Kier alpha value is -4.07. The molecule has 8 heteroatoms. The zero-order chi connectivity index (χ0) is 20.4. The van der Waals surface area contributed by atoms with Crippen molar-refractivity contribution in [2.75, 3.05) is 5.43 Å². The molecule has 0 atom stereocenters. The molecule has 0 spiro atoms. The van der Waals surface area contributed by atoms with E-state index < -0.39 is 4.92 Å². The van der Waals surface area contributed by atoms with Crippen molar-refractivity contribution in [3.05, 3.63) is 88.0 Å². The minimum absolute atomic E-state index is 0.101. The van der Waals surface area contributed by atoms with Crippen LogP contribution in [0.25, 0.3) is 16.6 Å². The lowest BCUT2D eigenvalue weighted by Crippen LogP contribution is -2.01. The lowest BCUT2D eigenvalue weighted by Gasteiger charge is -2.10. The van der Waals surface area contributed by atoms with Crippen molar-refractivity contribution in [3.63, 3.8) is 0 Å². The Morgan fingerprint density at radius 2 is 1.90 bits per heavy atom. The first-order chi connectivity index (χ1) is 14.0. The molecule has 1 N–H and O–H groups in total. The average molecular weight is 386 g/mol. The number of benzene rings is 1. The maximum absolute atomic E-state index is 11.1. The highest BCUT2D eigenvalue weighted by molar-refractivity contribution is 5.84. The number of fused-ring (bicyclic) bond motifs is 1. The fourth-order valence-corrected chi connectivity index (χ4v) is 3.31. The molecule has 0 saturated heterocycles. The predicted molar refractivity (Wildman–Crippen MR) is 113 cm³/mol. The van der Waals surface area contributed by atoms with Crippen molar-refractivity contribution >= 4 is 28.6 Å². The van der Waals surface area contributed by atoms with E-state index in [0.717, 1.165) is 33.5 Å². The molecule has 0 aliphatic carbocycles. The van der Waals surface area contributed by atoms with E-state index in [-0.39, 0.29) is 11.5 Å². The van der Waals surface area contributed by atoms with Gasteiger partial charge in [-0.25, -0.2) is 4.98 Å². The number of hydrogen-bond acceptors (Lipinski definition) is 6. The molecule has 0 amide bonds. The molecule has 3 heterocycles. The van der Waals surface area contributed by atoms with Crippen molar-refractivity contribution in [1.29, 1.82) is 0 Å². The largest absolute Gasteiger partial charge is 0.318 e. The molecule has 0 aliphatic rings. The molecule has 29 heavy (non-hydrogen) atoms. The van der Waals surface area contributed by atoms with E-state index in [1.165, 1.54) is 18.3 Å². The highest BCUT2D eigenvalue weighted by Crippen LogP contribution is 2.23. The fraction of sp³-hybridized carbons (Fsp3) is 0.0952. The smallest absolute Gasteiger partial charge is 0.313 e.